The fraction of sp³-hybridized carbons (Fsp3) is 0.529. The molecular weight excluding hydrogens is 266 g/mol. The van der Waals surface area contributed by atoms with Crippen LogP contribution in [0.15, 0.2) is 30.3 Å². The number of nitrogens with zero attached hydrogens (tertiary/aromatic N) is 1. The fourth-order valence-corrected chi connectivity index (χ4v) is 3.17. The van der Waals surface area contributed by atoms with E-state index in [0.717, 1.165) is 6.42 Å². The van der Waals surface area contributed by atoms with Crippen molar-refractivity contribution in [3.63, 3.8) is 0 Å². The minimum absolute atomic E-state index is 0.0253. The van der Waals surface area contributed by atoms with Gasteiger partial charge in [-0.05, 0) is 30.7 Å². The molecule has 2 rings (SSSR count). The third kappa shape index (κ3) is 3.84. The van der Waals surface area contributed by atoms with Crippen LogP contribution in [0.25, 0.3) is 0 Å². The lowest BCUT2D eigenvalue weighted by Crippen LogP contribution is -2.37. The molecule has 3 unspecified atom stereocenters. The molecule has 1 fully saturated rings. The molecule has 0 bridgehead atoms. The quantitative estimate of drug-likeness (QED) is 0.905. The molecule has 0 heterocycles. The monoisotopic (exact) mass is 289 g/mol. The second-order valence-corrected chi connectivity index (χ2v) is 6.12. The highest BCUT2D eigenvalue weighted by Gasteiger charge is 2.42. The molecule has 1 aliphatic carbocycles. The van der Waals surface area contributed by atoms with Crippen LogP contribution in [0.3, 0.4) is 0 Å². The molecule has 0 saturated heterocycles. The average molecular weight is 289 g/mol. The molecule has 4 heteroatoms. The number of carbonyl (C=O) groups excluding carboxylic acids is 1. The van der Waals surface area contributed by atoms with E-state index < -0.39 is 11.9 Å². The van der Waals surface area contributed by atoms with E-state index in [2.05, 4.69) is 0 Å². The van der Waals surface area contributed by atoms with E-state index in [4.69, 9.17) is 0 Å². The Morgan fingerprint density at radius 1 is 1.19 bits per heavy atom. The van der Waals surface area contributed by atoms with Crippen molar-refractivity contribution in [1.82, 2.24) is 4.90 Å². The Balaban J connectivity index is 1.94. The molecule has 1 aromatic rings. The molecule has 21 heavy (non-hydrogen) atoms. The minimum atomic E-state index is -0.839. The van der Waals surface area contributed by atoms with Gasteiger partial charge in [0.15, 0.2) is 0 Å². The van der Waals surface area contributed by atoms with Gasteiger partial charge in [-0.2, -0.15) is 0 Å². The zero-order chi connectivity index (χ0) is 15.4. The maximum atomic E-state index is 12.5. The van der Waals surface area contributed by atoms with Crippen molar-refractivity contribution < 1.29 is 14.7 Å². The second-order valence-electron chi connectivity index (χ2n) is 6.12. The van der Waals surface area contributed by atoms with E-state index in [0.29, 0.717) is 25.3 Å². The Hall–Kier alpha value is -1.84. The number of amides is 1. The molecule has 0 spiro atoms. The Bertz CT molecular complexity index is 500. The Labute approximate surface area is 125 Å². The summed E-state index contributed by atoms with van der Waals surface area (Å²) in [6.07, 6.45) is 2.09. The third-order valence-electron chi connectivity index (χ3n) is 4.39. The summed E-state index contributed by atoms with van der Waals surface area (Å²) >= 11 is 0. The van der Waals surface area contributed by atoms with Crippen molar-refractivity contribution in [2.75, 3.05) is 13.6 Å². The predicted molar refractivity (Wildman–Crippen MR) is 80.8 cm³/mol. The summed E-state index contributed by atoms with van der Waals surface area (Å²) in [6.45, 7) is 2.65. The first kappa shape index (κ1) is 15.5. The molecule has 1 amide bonds. The molecule has 114 valence electrons. The lowest BCUT2D eigenvalue weighted by atomic mass is 9.95. The van der Waals surface area contributed by atoms with Crippen molar-refractivity contribution in [3.8, 4) is 0 Å². The van der Waals surface area contributed by atoms with E-state index in [1.54, 1.807) is 11.9 Å². The zero-order valence-electron chi connectivity index (χ0n) is 12.7. The minimum Gasteiger partial charge on any atom is -0.481 e. The van der Waals surface area contributed by atoms with Crippen LogP contribution in [0.2, 0.25) is 0 Å². The zero-order valence-corrected chi connectivity index (χ0v) is 12.7. The van der Waals surface area contributed by atoms with Crippen molar-refractivity contribution in [2.45, 2.75) is 26.2 Å². The molecule has 0 radical (unpaired) electrons. The summed E-state index contributed by atoms with van der Waals surface area (Å²) in [5, 5.41) is 9.27. The Morgan fingerprint density at radius 2 is 1.81 bits per heavy atom. The van der Waals surface area contributed by atoms with Gasteiger partial charge in [0, 0.05) is 13.6 Å². The van der Waals surface area contributed by atoms with Gasteiger partial charge in [-0.25, -0.2) is 0 Å². The third-order valence-corrected chi connectivity index (χ3v) is 4.39. The highest BCUT2D eigenvalue weighted by Crippen LogP contribution is 2.37. The molecule has 1 saturated carbocycles. The van der Waals surface area contributed by atoms with Crippen molar-refractivity contribution in [2.24, 2.45) is 17.8 Å². The van der Waals surface area contributed by atoms with Gasteiger partial charge in [-0.3, -0.25) is 9.59 Å². The molecule has 4 nitrogen and oxygen atoms in total. The van der Waals surface area contributed by atoms with Gasteiger partial charge >= 0.3 is 5.97 Å². The van der Waals surface area contributed by atoms with Gasteiger partial charge in [-0.15, -0.1) is 0 Å². The number of carbonyl (C=O) groups is 2. The number of aliphatic carboxylic acids is 1. The summed E-state index contributed by atoms with van der Waals surface area (Å²) in [5.41, 5.74) is 1.19. The number of hydrogen-bond donors (Lipinski definition) is 1. The van der Waals surface area contributed by atoms with E-state index >= 15 is 0 Å². The first-order valence-electron chi connectivity index (χ1n) is 7.50. The summed E-state index contributed by atoms with van der Waals surface area (Å²) in [5.74, 6) is -1.44. The summed E-state index contributed by atoms with van der Waals surface area (Å²) < 4.78 is 0. The van der Waals surface area contributed by atoms with Gasteiger partial charge in [-0.1, -0.05) is 37.3 Å². The van der Waals surface area contributed by atoms with Gasteiger partial charge in [0.25, 0.3) is 0 Å². The largest absolute Gasteiger partial charge is 0.481 e. The second kappa shape index (κ2) is 6.74. The van der Waals surface area contributed by atoms with Crippen LogP contribution in [0.1, 0.15) is 25.3 Å². The van der Waals surface area contributed by atoms with Crippen LogP contribution >= 0.6 is 0 Å². The number of likely N-dealkylation sites (N-methyl/N-ethyl adjacent to an activating group) is 1. The number of carboxylic acid groups (broad SMARTS) is 1. The standard InChI is InChI=1S/C17H23NO3/c1-12-10-14(15(11-12)17(20)21)16(19)18(2)9-8-13-6-4-3-5-7-13/h3-7,12,14-15H,8-11H2,1-2H3,(H,20,21). The number of carboxylic acids is 1. The maximum Gasteiger partial charge on any atom is 0.307 e. The summed E-state index contributed by atoms with van der Waals surface area (Å²) in [7, 11) is 1.77. The van der Waals surface area contributed by atoms with Crippen molar-refractivity contribution in [1.29, 1.82) is 0 Å². The normalized spacial score (nSPS) is 24.8. The molecule has 0 aliphatic heterocycles. The van der Waals surface area contributed by atoms with Crippen molar-refractivity contribution in [3.05, 3.63) is 35.9 Å². The van der Waals surface area contributed by atoms with Crippen LogP contribution < -0.4 is 0 Å². The van der Waals surface area contributed by atoms with Gasteiger partial charge in [0.05, 0.1) is 11.8 Å². The van der Waals surface area contributed by atoms with E-state index in [1.807, 2.05) is 37.3 Å². The van der Waals surface area contributed by atoms with E-state index in [9.17, 15) is 14.7 Å². The Kier molecular flexibility index (Phi) is 4.99. The fourth-order valence-electron chi connectivity index (χ4n) is 3.17. The topological polar surface area (TPSA) is 57.6 Å². The molecular formula is C17H23NO3. The summed E-state index contributed by atoms with van der Waals surface area (Å²) in [4.78, 5) is 25.5. The lowest BCUT2D eigenvalue weighted by molar-refractivity contribution is -0.148. The summed E-state index contributed by atoms with van der Waals surface area (Å²) in [6, 6.07) is 10.0. The van der Waals surface area contributed by atoms with Crippen LogP contribution in [0.4, 0.5) is 0 Å². The molecule has 1 aromatic carbocycles. The van der Waals surface area contributed by atoms with Gasteiger partial charge < -0.3 is 10.0 Å². The van der Waals surface area contributed by atoms with Crippen LogP contribution in [0.5, 0.6) is 0 Å². The van der Waals surface area contributed by atoms with Crippen LogP contribution in [0, 0.1) is 17.8 Å². The van der Waals surface area contributed by atoms with Crippen LogP contribution in [-0.2, 0) is 16.0 Å². The molecule has 0 aromatic heterocycles. The van der Waals surface area contributed by atoms with Gasteiger partial charge in [0.2, 0.25) is 5.91 Å². The molecule has 3 atom stereocenters. The molecule has 1 aliphatic rings. The first-order chi connectivity index (χ1) is 9.99. The average Bonchev–Trinajstić information content (AvgIpc) is 2.87. The highest BCUT2D eigenvalue weighted by atomic mass is 16.4. The Morgan fingerprint density at radius 3 is 2.43 bits per heavy atom. The maximum absolute atomic E-state index is 12.5. The number of benzene rings is 1. The smallest absolute Gasteiger partial charge is 0.307 e. The van der Waals surface area contributed by atoms with Gasteiger partial charge in [0.1, 0.15) is 0 Å². The first-order valence-corrected chi connectivity index (χ1v) is 7.50. The van der Waals surface area contributed by atoms with Crippen LogP contribution in [-0.4, -0.2) is 35.5 Å². The number of rotatable bonds is 5. The van der Waals surface area contributed by atoms with Crippen molar-refractivity contribution >= 4 is 11.9 Å². The SMILES string of the molecule is CC1CC(C(=O)O)C(C(=O)N(C)CCc2ccccc2)C1. The van der Waals surface area contributed by atoms with E-state index in [-0.39, 0.29) is 11.8 Å². The molecule has 1 N–H and O–H groups in total. The number of hydrogen-bond acceptors (Lipinski definition) is 2. The van der Waals surface area contributed by atoms with E-state index in [1.165, 1.54) is 5.56 Å². The lowest BCUT2D eigenvalue weighted by Gasteiger charge is -2.23. The highest BCUT2D eigenvalue weighted by molar-refractivity contribution is 5.85. The predicted octanol–water partition coefficient (Wildman–Crippen LogP) is 2.43.